The van der Waals surface area contributed by atoms with Gasteiger partial charge in [0, 0.05) is 18.5 Å². The first-order valence-corrected chi connectivity index (χ1v) is 3.61. The predicted molar refractivity (Wildman–Crippen MR) is 44.1 cm³/mol. The monoisotopic (exact) mass is 147 g/mol. The highest BCUT2D eigenvalue weighted by atomic mass is 16.3. The molecule has 0 spiro atoms. The summed E-state index contributed by atoms with van der Waals surface area (Å²) in [7, 11) is 0. The standard InChI is InChI=1S/C9H9NO/c1-2-5-10(6-3-1)9-4-7-11-8-9/h2-8H,1H2. The summed E-state index contributed by atoms with van der Waals surface area (Å²) in [4.78, 5) is 2.02. The summed E-state index contributed by atoms with van der Waals surface area (Å²) in [6.07, 6.45) is 12.7. The molecule has 1 aliphatic rings. The van der Waals surface area contributed by atoms with Crippen molar-refractivity contribution in [1.29, 1.82) is 0 Å². The summed E-state index contributed by atoms with van der Waals surface area (Å²) in [6.45, 7) is 0. The van der Waals surface area contributed by atoms with Crippen LogP contribution in [0.1, 0.15) is 6.42 Å². The van der Waals surface area contributed by atoms with Gasteiger partial charge < -0.3 is 9.32 Å². The Bertz CT molecular complexity index is 260. The second-order valence-electron chi connectivity index (χ2n) is 2.39. The summed E-state index contributed by atoms with van der Waals surface area (Å²) in [5.41, 5.74) is 1.07. The Labute approximate surface area is 65.4 Å². The molecule has 2 heteroatoms. The van der Waals surface area contributed by atoms with Crippen LogP contribution < -0.4 is 4.90 Å². The third-order valence-corrected chi connectivity index (χ3v) is 1.61. The van der Waals surface area contributed by atoms with E-state index < -0.39 is 0 Å². The summed E-state index contributed by atoms with van der Waals surface area (Å²) in [6, 6.07) is 1.93. The smallest absolute Gasteiger partial charge is 0.114 e. The van der Waals surface area contributed by atoms with Crippen LogP contribution in [0.15, 0.2) is 47.6 Å². The van der Waals surface area contributed by atoms with Gasteiger partial charge in [-0.05, 0) is 6.42 Å². The molecule has 1 aliphatic heterocycles. The Balaban J connectivity index is 2.23. The molecule has 11 heavy (non-hydrogen) atoms. The molecular weight excluding hydrogens is 138 g/mol. The molecule has 0 N–H and O–H groups in total. The molecule has 0 saturated heterocycles. The Morgan fingerprint density at radius 2 is 2.09 bits per heavy atom. The van der Waals surface area contributed by atoms with Gasteiger partial charge in [0.1, 0.15) is 6.26 Å². The molecule has 0 amide bonds. The molecule has 0 saturated carbocycles. The molecule has 2 nitrogen and oxygen atoms in total. The fraction of sp³-hybridized carbons (Fsp3) is 0.111. The lowest BCUT2D eigenvalue weighted by Crippen LogP contribution is -2.07. The van der Waals surface area contributed by atoms with Gasteiger partial charge in [-0.3, -0.25) is 0 Å². The van der Waals surface area contributed by atoms with Crippen molar-refractivity contribution in [2.75, 3.05) is 4.90 Å². The van der Waals surface area contributed by atoms with Crippen molar-refractivity contribution in [1.82, 2.24) is 0 Å². The summed E-state index contributed by atoms with van der Waals surface area (Å²) in [5, 5.41) is 0. The van der Waals surface area contributed by atoms with Gasteiger partial charge in [0.05, 0.1) is 12.0 Å². The second kappa shape index (κ2) is 2.66. The Hall–Kier alpha value is -1.44. The van der Waals surface area contributed by atoms with E-state index in [-0.39, 0.29) is 0 Å². The lowest BCUT2D eigenvalue weighted by atomic mass is 10.3. The molecule has 0 radical (unpaired) electrons. The molecule has 56 valence electrons. The molecule has 2 heterocycles. The maximum absolute atomic E-state index is 4.96. The highest BCUT2D eigenvalue weighted by Gasteiger charge is 2.00. The van der Waals surface area contributed by atoms with Crippen LogP contribution in [0.3, 0.4) is 0 Å². The van der Waals surface area contributed by atoms with Gasteiger partial charge in [0.25, 0.3) is 0 Å². The first-order chi connectivity index (χ1) is 5.47. The zero-order valence-corrected chi connectivity index (χ0v) is 6.10. The number of nitrogens with zero attached hydrogens (tertiary/aromatic N) is 1. The van der Waals surface area contributed by atoms with Gasteiger partial charge in [-0.2, -0.15) is 0 Å². The lowest BCUT2D eigenvalue weighted by molar-refractivity contribution is 0.567. The van der Waals surface area contributed by atoms with Crippen molar-refractivity contribution in [3.05, 3.63) is 43.1 Å². The molecule has 0 bridgehead atoms. The van der Waals surface area contributed by atoms with E-state index in [1.54, 1.807) is 12.5 Å². The minimum atomic E-state index is 1.02. The van der Waals surface area contributed by atoms with Crippen LogP contribution in [0.25, 0.3) is 0 Å². The SMILES string of the molecule is C1=CN(c2ccoc2)C=CC1. The van der Waals surface area contributed by atoms with Gasteiger partial charge in [0.15, 0.2) is 0 Å². The number of hydrogen-bond acceptors (Lipinski definition) is 2. The third-order valence-electron chi connectivity index (χ3n) is 1.61. The fourth-order valence-corrected chi connectivity index (χ4v) is 1.05. The minimum Gasteiger partial charge on any atom is -0.470 e. The van der Waals surface area contributed by atoms with E-state index >= 15 is 0 Å². The Kier molecular flexibility index (Phi) is 1.52. The van der Waals surface area contributed by atoms with Crippen LogP contribution in [-0.2, 0) is 0 Å². The molecular formula is C9H9NO. The van der Waals surface area contributed by atoms with Crippen molar-refractivity contribution in [3.8, 4) is 0 Å². The van der Waals surface area contributed by atoms with Crippen LogP contribution in [0, 0.1) is 0 Å². The van der Waals surface area contributed by atoms with Crippen LogP contribution >= 0.6 is 0 Å². The zero-order valence-electron chi connectivity index (χ0n) is 6.10. The van der Waals surface area contributed by atoms with E-state index in [4.69, 9.17) is 4.42 Å². The largest absolute Gasteiger partial charge is 0.470 e. The molecule has 0 aromatic carbocycles. The zero-order chi connectivity index (χ0) is 7.52. The topological polar surface area (TPSA) is 16.4 Å². The molecule has 0 aliphatic carbocycles. The van der Waals surface area contributed by atoms with Crippen LogP contribution in [-0.4, -0.2) is 0 Å². The normalized spacial score (nSPS) is 15.8. The Morgan fingerprint density at radius 3 is 2.73 bits per heavy atom. The molecule has 0 fully saturated rings. The predicted octanol–water partition coefficient (Wildman–Crippen LogP) is 2.52. The quantitative estimate of drug-likeness (QED) is 0.606. The van der Waals surface area contributed by atoms with Crippen LogP contribution in [0.2, 0.25) is 0 Å². The van der Waals surface area contributed by atoms with E-state index in [1.807, 2.05) is 23.4 Å². The van der Waals surface area contributed by atoms with Gasteiger partial charge in [-0.15, -0.1) is 0 Å². The number of anilines is 1. The van der Waals surface area contributed by atoms with Crippen LogP contribution in [0.4, 0.5) is 5.69 Å². The highest BCUT2D eigenvalue weighted by molar-refractivity contribution is 5.50. The molecule has 1 aromatic rings. The minimum absolute atomic E-state index is 1.02. The summed E-state index contributed by atoms with van der Waals surface area (Å²) < 4.78 is 4.96. The highest BCUT2D eigenvalue weighted by Crippen LogP contribution is 2.17. The number of furan rings is 1. The van der Waals surface area contributed by atoms with Gasteiger partial charge >= 0.3 is 0 Å². The maximum atomic E-state index is 4.96. The molecule has 0 unspecified atom stereocenters. The maximum Gasteiger partial charge on any atom is 0.114 e. The van der Waals surface area contributed by atoms with E-state index in [2.05, 4.69) is 12.2 Å². The molecule has 1 aromatic heterocycles. The number of allylic oxidation sites excluding steroid dienone is 2. The van der Waals surface area contributed by atoms with Gasteiger partial charge in [0.2, 0.25) is 0 Å². The van der Waals surface area contributed by atoms with Crippen molar-refractivity contribution < 1.29 is 4.42 Å². The average Bonchev–Trinajstić information content (AvgIpc) is 2.58. The van der Waals surface area contributed by atoms with Gasteiger partial charge in [-0.25, -0.2) is 0 Å². The van der Waals surface area contributed by atoms with Crippen molar-refractivity contribution in [2.24, 2.45) is 0 Å². The first kappa shape index (κ1) is 6.28. The van der Waals surface area contributed by atoms with Crippen molar-refractivity contribution >= 4 is 5.69 Å². The van der Waals surface area contributed by atoms with Gasteiger partial charge in [-0.1, -0.05) is 12.2 Å². The van der Waals surface area contributed by atoms with Crippen molar-refractivity contribution in [2.45, 2.75) is 6.42 Å². The first-order valence-electron chi connectivity index (χ1n) is 3.61. The molecule has 0 atom stereocenters. The van der Waals surface area contributed by atoms with E-state index in [9.17, 15) is 0 Å². The summed E-state index contributed by atoms with van der Waals surface area (Å²) in [5.74, 6) is 0. The van der Waals surface area contributed by atoms with E-state index in [0.29, 0.717) is 0 Å². The lowest BCUT2D eigenvalue weighted by Gasteiger charge is -2.14. The van der Waals surface area contributed by atoms with Crippen molar-refractivity contribution in [3.63, 3.8) is 0 Å². The molecule has 2 rings (SSSR count). The third kappa shape index (κ3) is 1.19. The Morgan fingerprint density at radius 1 is 1.27 bits per heavy atom. The fourth-order valence-electron chi connectivity index (χ4n) is 1.05. The number of rotatable bonds is 1. The van der Waals surface area contributed by atoms with Crippen LogP contribution in [0.5, 0.6) is 0 Å². The second-order valence-corrected chi connectivity index (χ2v) is 2.39. The average molecular weight is 147 g/mol. The summed E-state index contributed by atoms with van der Waals surface area (Å²) >= 11 is 0. The van der Waals surface area contributed by atoms with E-state index in [1.165, 1.54) is 0 Å². The van der Waals surface area contributed by atoms with E-state index in [0.717, 1.165) is 12.1 Å². The number of hydrogen-bond donors (Lipinski definition) is 0.